The maximum atomic E-state index is 4.12. The van der Waals surface area contributed by atoms with E-state index in [0.717, 1.165) is 12.8 Å². The first-order valence-electron chi connectivity index (χ1n) is 2.91. The first kappa shape index (κ1) is 6.49. The molecule has 0 unspecified atom stereocenters. The maximum absolute atomic E-state index is 4.12. The van der Waals surface area contributed by atoms with Crippen molar-refractivity contribution < 1.29 is 0 Å². The van der Waals surface area contributed by atoms with Gasteiger partial charge in [0.1, 0.15) is 0 Å². The molecule has 0 fully saturated rings. The van der Waals surface area contributed by atoms with Gasteiger partial charge in [0.2, 0.25) is 0 Å². The highest BCUT2D eigenvalue weighted by Gasteiger charge is 1.89. The van der Waals surface area contributed by atoms with Crippen molar-refractivity contribution in [3.63, 3.8) is 0 Å². The van der Waals surface area contributed by atoms with Gasteiger partial charge in [-0.1, -0.05) is 6.08 Å². The zero-order chi connectivity index (χ0) is 6.53. The molecule has 0 spiro atoms. The van der Waals surface area contributed by atoms with Crippen molar-refractivity contribution >= 4 is 11.3 Å². The SMILES string of the molecule is C=CCCc1cscn1. The Morgan fingerprint density at radius 3 is 3.22 bits per heavy atom. The van der Waals surface area contributed by atoms with Gasteiger partial charge >= 0.3 is 0 Å². The number of allylic oxidation sites excluding steroid dienone is 1. The fourth-order valence-corrected chi connectivity index (χ4v) is 1.20. The molecule has 2 heteroatoms. The molecule has 1 nitrogen and oxygen atoms in total. The number of thiazole rings is 1. The summed E-state index contributed by atoms with van der Waals surface area (Å²) in [4.78, 5) is 4.12. The van der Waals surface area contributed by atoms with E-state index in [4.69, 9.17) is 0 Å². The highest BCUT2D eigenvalue weighted by Crippen LogP contribution is 2.03. The Hall–Kier alpha value is -0.630. The molecule has 0 aliphatic heterocycles. The number of aryl methyl sites for hydroxylation is 1. The van der Waals surface area contributed by atoms with Crippen LogP contribution in [0.2, 0.25) is 0 Å². The molecule has 0 atom stereocenters. The molecule has 48 valence electrons. The second-order valence-corrected chi connectivity index (χ2v) is 2.53. The normalized spacial score (nSPS) is 9.33. The van der Waals surface area contributed by atoms with Crippen LogP contribution in [0.25, 0.3) is 0 Å². The van der Waals surface area contributed by atoms with Crippen molar-refractivity contribution in [1.82, 2.24) is 4.98 Å². The van der Waals surface area contributed by atoms with Gasteiger partial charge in [0.25, 0.3) is 0 Å². The topological polar surface area (TPSA) is 12.9 Å². The second kappa shape index (κ2) is 3.41. The highest BCUT2D eigenvalue weighted by molar-refractivity contribution is 7.07. The van der Waals surface area contributed by atoms with Crippen LogP contribution in [0, 0.1) is 0 Å². The average molecular weight is 139 g/mol. The summed E-state index contributed by atoms with van der Waals surface area (Å²) in [6.07, 6.45) is 3.98. The maximum Gasteiger partial charge on any atom is 0.0794 e. The van der Waals surface area contributed by atoms with Crippen LogP contribution in [0.4, 0.5) is 0 Å². The monoisotopic (exact) mass is 139 g/mol. The summed E-state index contributed by atoms with van der Waals surface area (Å²) in [5, 5.41) is 2.07. The lowest BCUT2D eigenvalue weighted by Crippen LogP contribution is -1.80. The van der Waals surface area contributed by atoms with Gasteiger partial charge in [-0.2, -0.15) is 0 Å². The molecule has 1 aromatic heterocycles. The smallest absolute Gasteiger partial charge is 0.0794 e. The number of hydrogen-bond donors (Lipinski definition) is 0. The number of hydrogen-bond acceptors (Lipinski definition) is 2. The predicted octanol–water partition coefficient (Wildman–Crippen LogP) is 2.26. The summed E-state index contributed by atoms with van der Waals surface area (Å²) in [5.41, 5.74) is 3.04. The fourth-order valence-electron chi connectivity index (χ4n) is 0.611. The molecular weight excluding hydrogens is 130 g/mol. The molecule has 0 amide bonds. The standard InChI is InChI=1S/C7H9NS/c1-2-3-4-7-5-9-6-8-7/h2,5-6H,1,3-4H2. The van der Waals surface area contributed by atoms with Crippen molar-refractivity contribution in [1.29, 1.82) is 0 Å². The molecule has 0 bridgehead atoms. The first-order chi connectivity index (χ1) is 4.43. The lowest BCUT2D eigenvalue weighted by molar-refractivity contribution is 0.961. The number of rotatable bonds is 3. The van der Waals surface area contributed by atoms with E-state index in [1.807, 2.05) is 11.6 Å². The van der Waals surface area contributed by atoms with Crippen LogP contribution in [-0.2, 0) is 6.42 Å². The highest BCUT2D eigenvalue weighted by atomic mass is 32.1. The minimum absolute atomic E-state index is 1.03. The molecule has 0 aromatic carbocycles. The third kappa shape index (κ3) is 1.98. The molecule has 0 saturated heterocycles. The van der Waals surface area contributed by atoms with Crippen LogP contribution < -0.4 is 0 Å². The van der Waals surface area contributed by atoms with E-state index in [1.165, 1.54) is 5.69 Å². The summed E-state index contributed by atoms with van der Waals surface area (Å²) in [7, 11) is 0. The Bertz CT molecular complexity index is 167. The van der Waals surface area contributed by atoms with Crippen LogP contribution in [0.5, 0.6) is 0 Å². The quantitative estimate of drug-likeness (QED) is 0.585. The molecule has 0 aliphatic carbocycles. The van der Waals surface area contributed by atoms with E-state index in [1.54, 1.807) is 11.3 Å². The molecule has 1 aromatic rings. The van der Waals surface area contributed by atoms with Gasteiger partial charge in [-0.3, -0.25) is 0 Å². The third-order valence-electron chi connectivity index (χ3n) is 1.09. The summed E-state index contributed by atoms with van der Waals surface area (Å²) in [5.74, 6) is 0. The summed E-state index contributed by atoms with van der Waals surface area (Å²) >= 11 is 1.64. The zero-order valence-electron chi connectivity index (χ0n) is 5.21. The van der Waals surface area contributed by atoms with Crippen LogP contribution in [0.3, 0.4) is 0 Å². The van der Waals surface area contributed by atoms with E-state index >= 15 is 0 Å². The van der Waals surface area contributed by atoms with Crippen molar-refractivity contribution in [3.8, 4) is 0 Å². The Kier molecular flexibility index (Phi) is 2.46. The van der Waals surface area contributed by atoms with Gasteiger partial charge in [0.15, 0.2) is 0 Å². The summed E-state index contributed by atoms with van der Waals surface area (Å²) in [6.45, 7) is 3.64. The largest absolute Gasteiger partial charge is 0.250 e. The summed E-state index contributed by atoms with van der Waals surface area (Å²) < 4.78 is 0. The van der Waals surface area contributed by atoms with E-state index in [-0.39, 0.29) is 0 Å². The van der Waals surface area contributed by atoms with Crippen LogP contribution in [-0.4, -0.2) is 4.98 Å². The van der Waals surface area contributed by atoms with Crippen molar-refractivity contribution in [2.75, 3.05) is 0 Å². The molecule has 1 heterocycles. The van der Waals surface area contributed by atoms with Crippen molar-refractivity contribution in [3.05, 3.63) is 29.2 Å². The minimum atomic E-state index is 1.03. The molecule has 9 heavy (non-hydrogen) atoms. The Morgan fingerprint density at radius 2 is 2.67 bits per heavy atom. The van der Waals surface area contributed by atoms with E-state index in [9.17, 15) is 0 Å². The lowest BCUT2D eigenvalue weighted by atomic mass is 10.2. The molecule has 0 N–H and O–H groups in total. The van der Waals surface area contributed by atoms with Crippen molar-refractivity contribution in [2.45, 2.75) is 12.8 Å². The number of nitrogens with zero attached hydrogens (tertiary/aromatic N) is 1. The Morgan fingerprint density at radius 1 is 1.78 bits per heavy atom. The van der Waals surface area contributed by atoms with Gasteiger partial charge in [-0.25, -0.2) is 4.98 Å². The molecular formula is C7H9NS. The molecule has 1 rings (SSSR count). The van der Waals surface area contributed by atoms with Gasteiger partial charge < -0.3 is 0 Å². The van der Waals surface area contributed by atoms with E-state index < -0.39 is 0 Å². The Balaban J connectivity index is 2.38. The third-order valence-corrected chi connectivity index (χ3v) is 1.72. The molecule has 0 saturated carbocycles. The van der Waals surface area contributed by atoms with Gasteiger partial charge in [0.05, 0.1) is 11.2 Å². The fraction of sp³-hybridized carbons (Fsp3) is 0.286. The zero-order valence-corrected chi connectivity index (χ0v) is 6.03. The molecule has 0 aliphatic rings. The predicted molar refractivity (Wildman–Crippen MR) is 40.6 cm³/mol. The van der Waals surface area contributed by atoms with Crippen LogP contribution in [0.15, 0.2) is 23.5 Å². The van der Waals surface area contributed by atoms with Gasteiger partial charge in [-0.05, 0) is 12.8 Å². The summed E-state index contributed by atoms with van der Waals surface area (Å²) in [6, 6.07) is 0. The van der Waals surface area contributed by atoms with Crippen LogP contribution >= 0.6 is 11.3 Å². The van der Waals surface area contributed by atoms with Gasteiger partial charge in [0, 0.05) is 5.38 Å². The van der Waals surface area contributed by atoms with Crippen molar-refractivity contribution in [2.24, 2.45) is 0 Å². The Labute approximate surface area is 59.1 Å². The van der Waals surface area contributed by atoms with E-state index in [0.29, 0.717) is 0 Å². The first-order valence-corrected chi connectivity index (χ1v) is 3.85. The average Bonchev–Trinajstić information content (AvgIpc) is 2.34. The minimum Gasteiger partial charge on any atom is -0.250 e. The lowest BCUT2D eigenvalue weighted by Gasteiger charge is -1.86. The molecule has 0 radical (unpaired) electrons. The van der Waals surface area contributed by atoms with Gasteiger partial charge in [-0.15, -0.1) is 17.9 Å². The van der Waals surface area contributed by atoms with E-state index in [2.05, 4.69) is 16.9 Å². The second-order valence-electron chi connectivity index (χ2n) is 1.81. The van der Waals surface area contributed by atoms with Crippen LogP contribution in [0.1, 0.15) is 12.1 Å². The number of aromatic nitrogens is 1.